The molecule has 0 aliphatic carbocycles. The summed E-state index contributed by atoms with van der Waals surface area (Å²) >= 11 is 0.728. The second-order valence-electron chi connectivity index (χ2n) is 6.18. The van der Waals surface area contributed by atoms with Crippen molar-refractivity contribution in [2.45, 2.75) is 25.6 Å². The van der Waals surface area contributed by atoms with Crippen LogP contribution in [0.4, 0.5) is 4.79 Å². The van der Waals surface area contributed by atoms with Gasteiger partial charge in [0.2, 0.25) is 16.9 Å². The monoisotopic (exact) mass is 490 g/mol. The normalized spacial score (nSPS) is 11.7. The second kappa shape index (κ2) is 15.9. The fourth-order valence-corrected chi connectivity index (χ4v) is 2.96. The van der Waals surface area contributed by atoms with Crippen LogP contribution in [0.3, 0.4) is 0 Å². The fourth-order valence-electron chi connectivity index (χ4n) is 2.08. The first kappa shape index (κ1) is 29.2. The van der Waals surface area contributed by atoms with Gasteiger partial charge in [-0.05, 0) is 12.5 Å². The van der Waals surface area contributed by atoms with E-state index in [-0.39, 0.29) is 31.3 Å². The number of carbonyl (C=O) groups excluding carboxylic acids is 5. The molecule has 5 N–H and O–H groups in total. The summed E-state index contributed by atoms with van der Waals surface area (Å²) in [5.41, 5.74) is 6.03. The zero-order valence-corrected chi connectivity index (χ0v) is 19.3. The van der Waals surface area contributed by atoms with Crippen LogP contribution in [0, 0.1) is 0 Å². The zero-order chi connectivity index (χ0) is 23.2. The standard InChI is InChI=1S/C19H26N4O7S.ClH/c1-12(22-19(28)30-10-13-6-4-3-5-7-13)18(27)31-11-14(23-15(24)8-20)17(26)21-9-16(25)29-2;/h3-7,12,14H,8-11,20H2,1-2H3,(H,21,26)(H,22,28)(H,23,24);1H/t12-,14-;/m0./s1. The number of hydrogen-bond donors (Lipinski definition) is 4. The minimum Gasteiger partial charge on any atom is -0.468 e. The molecule has 32 heavy (non-hydrogen) atoms. The van der Waals surface area contributed by atoms with Gasteiger partial charge in [0, 0.05) is 5.75 Å². The van der Waals surface area contributed by atoms with Gasteiger partial charge < -0.3 is 31.2 Å². The van der Waals surface area contributed by atoms with Crippen molar-refractivity contribution in [1.29, 1.82) is 0 Å². The first-order valence-electron chi connectivity index (χ1n) is 9.24. The Balaban J connectivity index is 0.00000961. The van der Waals surface area contributed by atoms with Crippen LogP contribution in [0.15, 0.2) is 30.3 Å². The second-order valence-corrected chi connectivity index (χ2v) is 7.20. The third kappa shape index (κ3) is 11.5. The summed E-state index contributed by atoms with van der Waals surface area (Å²) in [6.45, 7) is 0.761. The molecule has 0 fully saturated rings. The van der Waals surface area contributed by atoms with Crippen LogP contribution in [0.5, 0.6) is 0 Å². The van der Waals surface area contributed by atoms with Crippen molar-refractivity contribution in [2.75, 3.05) is 26.0 Å². The number of nitrogens with two attached hydrogens (primary N) is 1. The summed E-state index contributed by atoms with van der Waals surface area (Å²) < 4.78 is 9.48. The summed E-state index contributed by atoms with van der Waals surface area (Å²) in [6.07, 6.45) is -0.769. The molecule has 0 aromatic heterocycles. The molecule has 2 atom stereocenters. The quantitative estimate of drug-likeness (QED) is 0.305. The minimum atomic E-state index is -1.12. The summed E-state index contributed by atoms with van der Waals surface area (Å²) in [7, 11) is 1.16. The lowest BCUT2D eigenvalue weighted by Crippen LogP contribution is -2.51. The number of rotatable bonds is 11. The van der Waals surface area contributed by atoms with Gasteiger partial charge in [-0.15, -0.1) is 12.4 Å². The number of thioether (sulfide) groups is 1. The highest BCUT2D eigenvalue weighted by atomic mass is 35.5. The number of esters is 1. The maximum absolute atomic E-state index is 12.3. The predicted octanol–water partition coefficient (Wildman–Crippen LogP) is -0.284. The van der Waals surface area contributed by atoms with Gasteiger partial charge in [-0.25, -0.2) is 4.79 Å². The highest BCUT2D eigenvalue weighted by Gasteiger charge is 2.24. The van der Waals surface area contributed by atoms with Crippen LogP contribution < -0.4 is 21.7 Å². The van der Waals surface area contributed by atoms with Gasteiger partial charge in [0.1, 0.15) is 19.2 Å². The molecule has 0 saturated carbocycles. The van der Waals surface area contributed by atoms with E-state index >= 15 is 0 Å². The molecule has 178 valence electrons. The largest absolute Gasteiger partial charge is 0.468 e. The molecule has 0 unspecified atom stereocenters. The summed E-state index contributed by atoms with van der Waals surface area (Å²) in [5.74, 6) is -2.10. The first-order chi connectivity index (χ1) is 14.8. The van der Waals surface area contributed by atoms with E-state index in [1.807, 2.05) is 6.07 Å². The number of halogens is 1. The van der Waals surface area contributed by atoms with Gasteiger partial charge >= 0.3 is 12.1 Å². The van der Waals surface area contributed by atoms with Gasteiger partial charge in [-0.3, -0.25) is 19.2 Å². The Morgan fingerprint density at radius 3 is 2.34 bits per heavy atom. The first-order valence-corrected chi connectivity index (χ1v) is 10.2. The smallest absolute Gasteiger partial charge is 0.408 e. The van der Waals surface area contributed by atoms with E-state index < -0.39 is 47.6 Å². The number of methoxy groups -OCH3 is 1. The number of hydrogen-bond acceptors (Lipinski definition) is 9. The fraction of sp³-hybridized carbons (Fsp3) is 0.421. The van der Waals surface area contributed by atoms with Crippen molar-refractivity contribution < 1.29 is 33.4 Å². The summed E-state index contributed by atoms with van der Waals surface area (Å²) in [4.78, 5) is 59.1. The SMILES string of the molecule is COC(=O)CNC(=O)[C@H](CSC(=O)[C@H](C)NC(=O)OCc1ccccc1)NC(=O)CN.Cl. The minimum absolute atomic E-state index is 0. The number of nitrogens with one attached hydrogen (secondary N) is 3. The van der Waals surface area contributed by atoms with Gasteiger partial charge in [0.25, 0.3) is 0 Å². The number of carbonyl (C=O) groups is 5. The molecule has 0 heterocycles. The Hall–Kier alpha value is -2.83. The average Bonchev–Trinajstić information content (AvgIpc) is 2.78. The zero-order valence-electron chi connectivity index (χ0n) is 17.6. The summed E-state index contributed by atoms with van der Waals surface area (Å²) in [6, 6.07) is 7.00. The molecule has 11 nitrogen and oxygen atoms in total. The van der Waals surface area contributed by atoms with Crippen LogP contribution in [-0.2, 0) is 35.3 Å². The molecule has 1 rings (SSSR count). The third-order valence-corrected chi connectivity index (χ3v) is 4.90. The number of alkyl carbamates (subject to hydrolysis) is 1. The van der Waals surface area contributed by atoms with Crippen molar-refractivity contribution in [1.82, 2.24) is 16.0 Å². The van der Waals surface area contributed by atoms with Gasteiger partial charge in [0.15, 0.2) is 0 Å². The lowest BCUT2D eigenvalue weighted by molar-refractivity contribution is -0.141. The van der Waals surface area contributed by atoms with Crippen LogP contribution in [0.1, 0.15) is 12.5 Å². The Labute approximate surface area is 195 Å². The summed E-state index contributed by atoms with van der Waals surface area (Å²) in [5, 5.41) is 6.61. The van der Waals surface area contributed by atoms with Crippen LogP contribution >= 0.6 is 24.2 Å². The van der Waals surface area contributed by atoms with Crippen molar-refractivity contribution in [2.24, 2.45) is 5.73 Å². The highest BCUT2D eigenvalue weighted by Crippen LogP contribution is 2.09. The molecule has 0 bridgehead atoms. The Morgan fingerprint density at radius 1 is 1.09 bits per heavy atom. The van der Waals surface area contributed by atoms with E-state index in [0.717, 1.165) is 24.4 Å². The van der Waals surface area contributed by atoms with Crippen molar-refractivity contribution in [3.8, 4) is 0 Å². The van der Waals surface area contributed by atoms with E-state index in [0.29, 0.717) is 0 Å². The molecule has 0 spiro atoms. The maximum Gasteiger partial charge on any atom is 0.408 e. The highest BCUT2D eigenvalue weighted by molar-refractivity contribution is 8.13. The van der Waals surface area contributed by atoms with Crippen molar-refractivity contribution in [3.63, 3.8) is 0 Å². The average molecular weight is 491 g/mol. The Kier molecular flexibility index (Phi) is 14.5. The molecule has 13 heteroatoms. The van der Waals surface area contributed by atoms with E-state index in [4.69, 9.17) is 10.5 Å². The lowest BCUT2D eigenvalue weighted by Gasteiger charge is -2.18. The number of ether oxygens (including phenoxy) is 2. The van der Waals surface area contributed by atoms with Crippen molar-refractivity contribution >= 4 is 53.2 Å². The van der Waals surface area contributed by atoms with Gasteiger partial charge in [0.05, 0.1) is 19.7 Å². The van der Waals surface area contributed by atoms with Crippen molar-refractivity contribution in [3.05, 3.63) is 35.9 Å². The van der Waals surface area contributed by atoms with Crippen LogP contribution in [0.2, 0.25) is 0 Å². The molecule has 0 saturated heterocycles. The van der Waals surface area contributed by atoms with E-state index in [1.54, 1.807) is 24.3 Å². The third-order valence-electron chi connectivity index (χ3n) is 3.76. The van der Waals surface area contributed by atoms with Crippen LogP contribution in [-0.4, -0.2) is 67.0 Å². The molecule has 1 aromatic rings. The predicted molar refractivity (Wildman–Crippen MR) is 120 cm³/mol. The van der Waals surface area contributed by atoms with E-state index in [1.165, 1.54) is 6.92 Å². The Morgan fingerprint density at radius 2 is 1.75 bits per heavy atom. The maximum atomic E-state index is 12.3. The molecule has 0 radical (unpaired) electrons. The molecule has 0 aliphatic heterocycles. The number of benzene rings is 1. The van der Waals surface area contributed by atoms with E-state index in [9.17, 15) is 24.0 Å². The Bertz CT molecular complexity index is 782. The van der Waals surface area contributed by atoms with Crippen LogP contribution in [0.25, 0.3) is 0 Å². The molecular formula is C19H27ClN4O7S. The molecule has 3 amide bonds. The topological polar surface area (TPSA) is 166 Å². The number of amides is 3. The van der Waals surface area contributed by atoms with Gasteiger partial charge in [-0.2, -0.15) is 0 Å². The van der Waals surface area contributed by atoms with Gasteiger partial charge in [-0.1, -0.05) is 42.1 Å². The molecular weight excluding hydrogens is 464 g/mol. The van der Waals surface area contributed by atoms with E-state index in [2.05, 4.69) is 20.7 Å². The molecule has 1 aromatic carbocycles. The molecule has 0 aliphatic rings. The lowest BCUT2D eigenvalue weighted by atomic mass is 10.2.